The molecule has 0 radical (unpaired) electrons. The number of oxazole rings is 1. The number of nitrogens with one attached hydrogen (secondary N) is 2. The molecule has 0 fully saturated rings. The van der Waals surface area contributed by atoms with E-state index in [1.54, 1.807) is 18.3 Å². The second-order valence-corrected chi connectivity index (χ2v) is 6.49. The van der Waals surface area contributed by atoms with Gasteiger partial charge in [0.1, 0.15) is 16.7 Å². The molecule has 1 aromatic heterocycles. The molecule has 1 aromatic carbocycles. The number of aromatic nitrogens is 1. The van der Waals surface area contributed by atoms with Gasteiger partial charge in [0.15, 0.2) is 0 Å². The van der Waals surface area contributed by atoms with Crippen LogP contribution in [-0.2, 0) is 10.0 Å². The summed E-state index contributed by atoms with van der Waals surface area (Å²) in [6, 6.07) is 4.50. The largest absolute Gasteiger partial charge is 0.444 e. The van der Waals surface area contributed by atoms with Crippen LogP contribution in [0.3, 0.4) is 0 Å². The Kier molecular flexibility index (Phi) is 4.19. The number of benzene rings is 1. The van der Waals surface area contributed by atoms with Gasteiger partial charge in [-0.25, -0.2) is 18.1 Å². The van der Waals surface area contributed by atoms with Crippen LogP contribution in [0.4, 0.5) is 11.4 Å². The Labute approximate surface area is 123 Å². The molecule has 4 N–H and O–H groups in total. The third-order valence-corrected chi connectivity index (χ3v) is 4.45. The highest BCUT2D eigenvalue weighted by molar-refractivity contribution is 7.89. The molecule has 1 unspecified atom stereocenters. The van der Waals surface area contributed by atoms with E-state index in [2.05, 4.69) is 15.0 Å². The highest BCUT2D eigenvalue weighted by Crippen LogP contribution is 2.25. The summed E-state index contributed by atoms with van der Waals surface area (Å²) in [6.45, 7) is 3.71. The fraction of sp³-hybridized carbons (Fsp3) is 0.308. The standard InChI is InChI=1S/C13H18N4O3S/c1-8-7-16-13(20-8)9(2)17-10-4-5-12(11(14)6-10)21(18,19)15-3/h4-7,9,15,17H,14H2,1-3H3. The Morgan fingerprint density at radius 3 is 2.62 bits per heavy atom. The number of sulfonamides is 1. The van der Waals surface area contributed by atoms with Crippen LogP contribution in [0.2, 0.25) is 0 Å². The minimum absolute atomic E-state index is 0.0511. The van der Waals surface area contributed by atoms with Crippen LogP contribution in [0, 0.1) is 6.92 Å². The zero-order chi connectivity index (χ0) is 15.6. The van der Waals surface area contributed by atoms with E-state index in [9.17, 15) is 8.42 Å². The van der Waals surface area contributed by atoms with Gasteiger partial charge in [0.2, 0.25) is 15.9 Å². The van der Waals surface area contributed by atoms with Gasteiger partial charge in [-0.1, -0.05) is 0 Å². The van der Waals surface area contributed by atoms with E-state index >= 15 is 0 Å². The van der Waals surface area contributed by atoms with Crippen LogP contribution >= 0.6 is 0 Å². The highest BCUT2D eigenvalue weighted by atomic mass is 32.2. The molecule has 114 valence electrons. The summed E-state index contributed by atoms with van der Waals surface area (Å²) in [7, 11) is -2.22. The lowest BCUT2D eigenvalue weighted by Gasteiger charge is -2.14. The molecule has 1 atom stereocenters. The minimum atomic E-state index is -3.56. The number of hydrogen-bond acceptors (Lipinski definition) is 6. The van der Waals surface area contributed by atoms with Crippen molar-refractivity contribution in [1.82, 2.24) is 9.71 Å². The lowest BCUT2D eigenvalue weighted by atomic mass is 10.2. The molecule has 0 bridgehead atoms. The molecule has 0 saturated carbocycles. The zero-order valence-electron chi connectivity index (χ0n) is 12.0. The van der Waals surface area contributed by atoms with E-state index in [-0.39, 0.29) is 16.6 Å². The number of aryl methyl sites for hydroxylation is 1. The lowest BCUT2D eigenvalue weighted by molar-refractivity contribution is 0.453. The summed E-state index contributed by atoms with van der Waals surface area (Å²) < 4.78 is 31.2. The smallest absolute Gasteiger partial charge is 0.242 e. The SMILES string of the molecule is CNS(=O)(=O)c1ccc(NC(C)c2ncc(C)o2)cc1N. The highest BCUT2D eigenvalue weighted by Gasteiger charge is 2.16. The maximum absolute atomic E-state index is 11.7. The topological polar surface area (TPSA) is 110 Å². The predicted molar refractivity (Wildman–Crippen MR) is 80.4 cm³/mol. The summed E-state index contributed by atoms with van der Waals surface area (Å²) >= 11 is 0. The molecule has 0 aliphatic carbocycles. The van der Waals surface area contributed by atoms with Gasteiger partial charge >= 0.3 is 0 Å². The fourth-order valence-electron chi connectivity index (χ4n) is 1.88. The summed E-state index contributed by atoms with van der Waals surface area (Å²) in [5.74, 6) is 1.28. The van der Waals surface area contributed by atoms with Gasteiger partial charge in [0.25, 0.3) is 0 Å². The first-order valence-corrected chi connectivity index (χ1v) is 7.83. The molecule has 0 aliphatic heterocycles. The lowest BCUT2D eigenvalue weighted by Crippen LogP contribution is -2.20. The Balaban J connectivity index is 2.21. The normalized spacial score (nSPS) is 13.1. The summed E-state index contributed by atoms with van der Waals surface area (Å²) in [5.41, 5.74) is 6.66. The maximum Gasteiger partial charge on any atom is 0.242 e. The van der Waals surface area contributed by atoms with Crippen molar-refractivity contribution in [2.24, 2.45) is 0 Å². The van der Waals surface area contributed by atoms with Crippen molar-refractivity contribution >= 4 is 21.4 Å². The van der Waals surface area contributed by atoms with E-state index in [0.29, 0.717) is 11.6 Å². The second kappa shape index (κ2) is 5.74. The first kappa shape index (κ1) is 15.3. The van der Waals surface area contributed by atoms with E-state index in [1.807, 2.05) is 13.8 Å². The van der Waals surface area contributed by atoms with E-state index in [4.69, 9.17) is 10.2 Å². The van der Waals surface area contributed by atoms with Gasteiger partial charge in [-0.15, -0.1) is 0 Å². The molecule has 0 amide bonds. The average molecular weight is 310 g/mol. The van der Waals surface area contributed by atoms with Gasteiger partial charge in [-0.3, -0.25) is 0 Å². The first-order valence-electron chi connectivity index (χ1n) is 6.35. The van der Waals surface area contributed by atoms with Crippen LogP contribution in [-0.4, -0.2) is 20.4 Å². The molecule has 0 aliphatic rings. The van der Waals surface area contributed by atoms with E-state index < -0.39 is 10.0 Å². The van der Waals surface area contributed by atoms with Gasteiger partial charge in [-0.05, 0) is 39.1 Å². The van der Waals surface area contributed by atoms with Crippen LogP contribution in [0.1, 0.15) is 24.6 Å². The van der Waals surface area contributed by atoms with Crippen molar-refractivity contribution in [2.45, 2.75) is 24.8 Å². The van der Waals surface area contributed by atoms with E-state index in [0.717, 1.165) is 5.76 Å². The molecular formula is C13H18N4O3S. The Morgan fingerprint density at radius 2 is 2.10 bits per heavy atom. The molecule has 21 heavy (non-hydrogen) atoms. The van der Waals surface area contributed by atoms with Gasteiger partial charge in [0.05, 0.1) is 11.9 Å². The van der Waals surface area contributed by atoms with E-state index in [1.165, 1.54) is 13.1 Å². The Hall–Kier alpha value is -2.06. The number of hydrogen-bond donors (Lipinski definition) is 3. The van der Waals surface area contributed by atoms with Gasteiger partial charge < -0.3 is 15.5 Å². The summed E-state index contributed by atoms with van der Waals surface area (Å²) in [6.07, 6.45) is 1.64. The Bertz CT molecular complexity index is 740. The van der Waals surface area contributed by atoms with Crippen molar-refractivity contribution in [3.8, 4) is 0 Å². The van der Waals surface area contributed by atoms with Crippen LogP contribution in [0.5, 0.6) is 0 Å². The fourth-order valence-corrected chi connectivity index (χ4v) is 2.71. The number of nitrogens with zero attached hydrogens (tertiary/aromatic N) is 1. The molecule has 0 spiro atoms. The average Bonchev–Trinajstić information content (AvgIpc) is 2.85. The molecule has 1 heterocycles. The van der Waals surface area contributed by atoms with Crippen molar-refractivity contribution in [3.63, 3.8) is 0 Å². The molecule has 7 nitrogen and oxygen atoms in total. The predicted octanol–water partition coefficient (Wildman–Crippen LogP) is 1.65. The van der Waals surface area contributed by atoms with Crippen LogP contribution in [0.25, 0.3) is 0 Å². The second-order valence-electron chi connectivity index (χ2n) is 4.64. The quantitative estimate of drug-likeness (QED) is 0.724. The Morgan fingerprint density at radius 1 is 1.38 bits per heavy atom. The zero-order valence-corrected chi connectivity index (χ0v) is 12.9. The molecule has 0 saturated heterocycles. The maximum atomic E-state index is 11.7. The molecule has 8 heteroatoms. The number of rotatable bonds is 5. The third-order valence-electron chi connectivity index (χ3n) is 2.96. The minimum Gasteiger partial charge on any atom is -0.444 e. The van der Waals surface area contributed by atoms with Crippen molar-refractivity contribution in [1.29, 1.82) is 0 Å². The number of anilines is 2. The monoisotopic (exact) mass is 310 g/mol. The van der Waals surface area contributed by atoms with Crippen LogP contribution in [0.15, 0.2) is 33.7 Å². The molecular weight excluding hydrogens is 292 g/mol. The van der Waals surface area contributed by atoms with Crippen LogP contribution < -0.4 is 15.8 Å². The van der Waals surface area contributed by atoms with Crippen molar-refractivity contribution < 1.29 is 12.8 Å². The first-order chi connectivity index (χ1) is 9.83. The van der Waals surface area contributed by atoms with Crippen molar-refractivity contribution in [2.75, 3.05) is 18.1 Å². The van der Waals surface area contributed by atoms with Gasteiger partial charge in [-0.2, -0.15) is 0 Å². The number of nitrogen functional groups attached to an aromatic ring is 1. The summed E-state index contributed by atoms with van der Waals surface area (Å²) in [4.78, 5) is 4.19. The van der Waals surface area contributed by atoms with Crippen molar-refractivity contribution in [3.05, 3.63) is 36.0 Å². The summed E-state index contributed by atoms with van der Waals surface area (Å²) in [5, 5.41) is 3.16. The molecule has 2 rings (SSSR count). The van der Waals surface area contributed by atoms with Gasteiger partial charge in [0, 0.05) is 5.69 Å². The number of nitrogens with two attached hydrogens (primary N) is 1. The third kappa shape index (κ3) is 3.34. The molecule has 2 aromatic rings.